The maximum Gasteiger partial charge on any atom is 0.251 e. The number of amides is 1. The second-order valence-corrected chi connectivity index (χ2v) is 5.18. The number of hydrogen-bond donors (Lipinski definition) is 1. The van der Waals surface area contributed by atoms with Crippen molar-refractivity contribution >= 4 is 17.2 Å². The summed E-state index contributed by atoms with van der Waals surface area (Å²) in [5.74, 6) is -0.0293. The largest absolute Gasteiger partial charge is 0.382 e. The van der Waals surface area contributed by atoms with Crippen molar-refractivity contribution in [1.82, 2.24) is 5.32 Å². The van der Waals surface area contributed by atoms with Crippen molar-refractivity contribution in [3.8, 4) is 11.1 Å². The van der Waals surface area contributed by atoms with Crippen molar-refractivity contribution in [1.29, 1.82) is 0 Å². The molecule has 0 spiro atoms. The molecule has 0 saturated carbocycles. The highest BCUT2D eigenvalue weighted by Gasteiger charge is 2.05. The second-order valence-electron chi connectivity index (χ2n) is 4.40. The van der Waals surface area contributed by atoms with Gasteiger partial charge < -0.3 is 10.1 Å². The molecule has 0 bridgehead atoms. The van der Waals surface area contributed by atoms with Crippen molar-refractivity contribution in [3.05, 3.63) is 46.7 Å². The lowest BCUT2D eigenvalue weighted by Gasteiger charge is -2.06. The molecule has 4 heteroatoms. The minimum atomic E-state index is -0.0293. The zero-order chi connectivity index (χ0) is 14.2. The molecule has 20 heavy (non-hydrogen) atoms. The number of carbonyl (C=O) groups is 1. The number of thiophene rings is 1. The van der Waals surface area contributed by atoms with Crippen LogP contribution in [0.4, 0.5) is 0 Å². The Labute approximate surface area is 123 Å². The number of nitrogens with one attached hydrogen (secondary N) is 1. The van der Waals surface area contributed by atoms with Crippen LogP contribution in [0.15, 0.2) is 41.1 Å². The Balaban J connectivity index is 1.85. The van der Waals surface area contributed by atoms with Gasteiger partial charge in [-0.25, -0.2) is 0 Å². The second kappa shape index (κ2) is 7.82. The van der Waals surface area contributed by atoms with Crippen LogP contribution in [-0.2, 0) is 4.74 Å². The first kappa shape index (κ1) is 14.8. The molecule has 2 rings (SSSR count). The first-order valence-corrected chi connectivity index (χ1v) is 7.74. The average Bonchev–Trinajstić information content (AvgIpc) is 3.01. The van der Waals surface area contributed by atoms with Crippen molar-refractivity contribution in [2.75, 3.05) is 19.8 Å². The molecular weight excluding hydrogens is 270 g/mol. The Bertz CT molecular complexity index is 520. The molecular formula is C16H19NO2S. The molecule has 1 N–H and O–H groups in total. The molecule has 1 heterocycles. The van der Waals surface area contributed by atoms with E-state index in [4.69, 9.17) is 4.74 Å². The molecule has 0 atom stereocenters. The fraction of sp³-hybridized carbons (Fsp3) is 0.312. The Kier molecular flexibility index (Phi) is 5.77. The van der Waals surface area contributed by atoms with E-state index in [1.807, 2.05) is 36.6 Å². The molecule has 0 aliphatic rings. The van der Waals surface area contributed by atoms with Crippen LogP contribution in [0.3, 0.4) is 0 Å². The van der Waals surface area contributed by atoms with Gasteiger partial charge in [-0.15, -0.1) is 0 Å². The van der Waals surface area contributed by atoms with E-state index in [1.54, 1.807) is 11.3 Å². The summed E-state index contributed by atoms with van der Waals surface area (Å²) in [6.07, 6.45) is 0.840. The van der Waals surface area contributed by atoms with Gasteiger partial charge in [0.15, 0.2) is 0 Å². The summed E-state index contributed by atoms with van der Waals surface area (Å²) >= 11 is 1.67. The molecule has 0 fully saturated rings. The highest BCUT2D eigenvalue weighted by Crippen LogP contribution is 2.22. The molecule has 0 aliphatic carbocycles. The van der Waals surface area contributed by atoms with E-state index in [0.717, 1.165) is 18.6 Å². The minimum absolute atomic E-state index is 0.0293. The molecule has 0 unspecified atom stereocenters. The van der Waals surface area contributed by atoms with Gasteiger partial charge in [0.05, 0.1) is 0 Å². The van der Waals surface area contributed by atoms with Crippen LogP contribution >= 0.6 is 11.3 Å². The Morgan fingerprint density at radius 1 is 1.20 bits per heavy atom. The zero-order valence-electron chi connectivity index (χ0n) is 11.6. The normalized spacial score (nSPS) is 10.4. The van der Waals surface area contributed by atoms with Gasteiger partial charge in [0.25, 0.3) is 5.91 Å². The third-order valence-corrected chi connectivity index (χ3v) is 3.64. The quantitative estimate of drug-likeness (QED) is 0.791. The summed E-state index contributed by atoms with van der Waals surface area (Å²) < 4.78 is 5.23. The highest BCUT2D eigenvalue weighted by molar-refractivity contribution is 7.08. The van der Waals surface area contributed by atoms with E-state index in [0.29, 0.717) is 18.7 Å². The van der Waals surface area contributed by atoms with Crippen molar-refractivity contribution < 1.29 is 9.53 Å². The van der Waals surface area contributed by atoms with Gasteiger partial charge in [0.1, 0.15) is 0 Å². The van der Waals surface area contributed by atoms with E-state index in [1.165, 1.54) is 5.56 Å². The molecule has 1 amide bonds. The van der Waals surface area contributed by atoms with Crippen LogP contribution in [0, 0.1) is 0 Å². The van der Waals surface area contributed by atoms with Crippen LogP contribution in [0.2, 0.25) is 0 Å². The van der Waals surface area contributed by atoms with Crippen LogP contribution in [0.25, 0.3) is 11.1 Å². The summed E-state index contributed by atoms with van der Waals surface area (Å²) in [7, 11) is 0. The third-order valence-electron chi connectivity index (χ3n) is 2.96. The van der Waals surface area contributed by atoms with Crippen LogP contribution in [0.1, 0.15) is 23.7 Å². The average molecular weight is 289 g/mol. The van der Waals surface area contributed by atoms with Gasteiger partial charge in [-0.1, -0.05) is 12.1 Å². The first-order valence-electron chi connectivity index (χ1n) is 6.80. The number of carbonyl (C=O) groups excluding carboxylic acids is 1. The summed E-state index contributed by atoms with van der Waals surface area (Å²) in [5.41, 5.74) is 3.03. The standard InChI is InChI=1S/C16H19NO2S/c1-2-19-10-3-9-17-16(18)14-6-4-13(5-7-14)15-8-11-20-12-15/h4-8,11-12H,2-3,9-10H2,1H3,(H,17,18). The summed E-state index contributed by atoms with van der Waals surface area (Å²) in [6, 6.07) is 9.78. The molecule has 1 aromatic heterocycles. The Morgan fingerprint density at radius 3 is 2.65 bits per heavy atom. The van der Waals surface area contributed by atoms with Crippen molar-refractivity contribution in [2.45, 2.75) is 13.3 Å². The molecule has 106 valence electrons. The van der Waals surface area contributed by atoms with Crippen LogP contribution in [-0.4, -0.2) is 25.7 Å². The lowest BCUT2D eigenvalue weighted by Crippen LogP contribution is -2.25. The van der Waals surface area contributed by atoms with Gasteiger partial charge in [-0.2, -0.15) is 11.3 Å². The van der Waals surface area contributed by atoms with E-state index in [9.17, 15) is 4.79 Å². The topological polar surface area (TPSA) is 38.3 Å². The predicted octanol–water partition coefficient (Wildman–Crippen LogP) is 3.57. The molecule has 0 radical (unpaired) electrons. The first-order chi connectivity index (χ1) is 9.81. The van der Waals surface area contributed by atoms with Crippen molar-refractivity contribution in [2.24, 2.45) is 0 Å². The number of benzene rings is 1. The minimum Gasteiger partial charge on any atom is -0.382 e. The predicted molar refractivity (Wildman–Crippen MR) is 83.2 cm³/mol. The van der Waals surface area contributed by atoms with E-state index >= 15 is 0 Å². The van der Waals surface area contributed by atoms with Gasteiger partial charge >= 0.3 is 0 Å². The molecule has 3 nitrogen and oxygen atoms in total. The number of hydrogen-bond acceptors (Lipinski definition) is 3. The molecule has 0 saturated heterocycles. The lowest BCUT2D eigenvalue weighted by atomic mass is 10.1. The zero-order valence-corrected chi connectivity index (χ0v) is 12.4. The summed E-state index contributed by atoms with van der Waals surface area (Å²) in [6.45, 7) is 4.02. The van der Waals surface area contributed by atoms with Crippen molar-refractivity contribution in [3.63, 3.8) is 0 Å². The highest BCUT2D eigenvalue weighted by atomic mass is 32.1. The molecule has 1 aromatic carbocycles. The van der Waals surface area contributed by atoms with Gasteiger partial charge in [-0.05, 0) is 53.4 Å². The van der Waals surface area contributed by atoms with Gasteiger partial charge in [0.2, 0.25) is 0 Å². The fourth-order valence-electron chi connectivity index (χ4n) is 1.87. The fourth-order valence-corrected chi connectivity index (χ4v) is 2.53. The third kappa shape index (κ3) is 4.18. The number of rotatable bonds is 7. The van der Waals surface area contributed by atoms with E-state index < -0.39 is 0 Å². The summed E-state index contributed by atoms with van der Waals surface area (Å²) in [4.78, 5) is 11.9. The van der Waals surface area contributed by atoms with E-state index in [-0.39, 0.29) is 5.91 Å². The SMILES string of the molecule is CCOCCCNC(=O)c1ccc(-c2ccsc2)cc1. The monoisotopic (exact) mass is 289 g/mol. The molecule has 2 aromatic rings. The smallest absolute Gasteiger partial charge is 0.251 e. The Morgan fingerprint density at radius 2 is 2.00 bits per heavy atom. The molecule has 0 aliphatic heterocycles. The van der Waals surface area contributed by atoms with Crippen LogP contribution in [0.5, 0.6) is 0 Å². The summed E-state index contributed by atoms with van der Waals surface area (Å²) in [5, 5.41) is 7.05. The van der Waals surface area contributed by atoms with E-state index in [2.05, 4.69) is 16.8 Å². The Hall–Kier alpha value is -1.65. The van der Waals surface area contributed by atoms with Crippen LogP contribution < -0.4 is 5.32 Å². The van der Waals surface area contributed by atoms with Gasteiger partial charge in [-0.3, -0.25) is 4.79 Å². The maximum atomic E-state index is 11.9. The van der Waals surface area contributed by atoms with Gasteiger partial charge in [0, 0.05) is 25.3 Å². The lowest BCUT2D eigenvalue weighted by molar-refractivity contribution is 0.0944. The maximum absolute atomic E-state index is 11.9. The number of ether oxygens (including phenoxy) is 1.